The predicted octanol–water partition coefficient (Wildman–Crippen LogP) is 3.30. The highest BCUT2D eigenvalue weighted by Crippen LogP contribution is 2.31. The molecular formula is C14H10F3N3O. The van der Waals surface area contributed by atoms with Crippen LogP contribution in [0.1, 0.15) is 5.56 Å². The highest BCUT2D eigenvalue weighted by atomic mass is 19.4. The van der Waals surface area contributed by atoms with Crippen LogP contribution in [-0.4, -0.2) is 11.3 Å². The average molecular weight is 293 g/mol. The lowest BCUT2D eigenvalue weighted by molar-refractivity contribution is -0.274. The molecule has 7 heteroatoms. The summed E-state index contributed by atoms with van der Waals surface area (Å²) in [6.07, 6.45) is -3.21. The second-order valence-corrected chi connectivity index (χ2v) is 4.14. The molecule has 0 aliphatic carbocycles. The van der Waals surface area contributed by atoms with Gasteiger partial charge < -0.3 is 10.5 Å². The van der Waals surface area contributed by atoms with Crippen LogP contribution >= 0.6 is 0 Å². The fourth-order valence-corrected chi connectivity index (χ4v) is 1.82. The van der Waals surface area contributed by atoms with E-state index < -0.39 is 6.36 Å². The fraction of sp³-hybridized carbons (Fsp3) is 0.143. The summed E-state index contributed by atoms with van der Waals surface area (Å²) in [5.74, 6) is -0.355. The van der Waals surface area contributed by atoms with E-state index in [0.29, 0.717) is 16.8 Å². The van der Waals surface area contributed by atoms with Gasteiger partial charge in [0, 0.05) is 11.8 Å². The van der Waals surface area contributed by atoms with Crippen molar-refractivity contribution in [1.29, 1.82) is 5.26 Å². The van der Waals surface area contributed by atoms with Crippen molar-refractivity contribution in [3.05, 3.63) is 42.1 Å². The highest BCUT2D eigenvalue weighted by Gasteiger charge is 2.31. The number of nitrogens with zero attached hydrogens (tertiary/aromatic N) is 2. The zero-order valence-corrected chi connectivity index (χ0v) is 10.7. The Morgan fingerprint density at radius 2 is 2.05 bits per heavy atom. The zero-order chi connectivity index (χ0) is 15.5. The van der Waals surface area contributed by atoms with Crippen LogP contribution in [0.2, 0.25) is 0 Å². The molecule has 0 aliphatic heterocycles. The van der Waals surface area contributed by atoms with Gasteiger partial charge in [-0.25, -0.2) is 0 Å². The summed E-state index contributed by atoms with van der Waals surface area (Å²) in [6.45, 7) is 0. The maximum atomic E-state index is 12.2. The summed E-state index contributed by atoms with van der Waals surface area (Å²) in [5.41, 5.74) is 7.44. The van der Waals surface area contributed by atoms with Crippen LogP contribution in [-0.2, 0) is 6.42 Å². The van der Waals surface area contributed by atoms with Gasteiger partial charge in [-0.15, -0.1) is 13.2 Å². The molecule has 1 aromatic carbocycles. The van der Waals surface area contributed by atoms with Gasteiger partial charge in [0.1, 0.15) is 5.75 Å². The fourth-order valence-electron chi connectivity index (χ4n) is 1.82. The molecule has 0 atom stereocenters. The zero-order valence-electron chi connectivity index (χ0n) is 10.7. The number of rotatable bonds is 3. The maximum Gasteiger partial charge on any atom is 0.573 e. The van der Waals surface area contributed by atoms with E-state index in [9.17, 15) is 13.2 Å². The summed E-state index contributed by atoms with van der Waals surface area (Å²) in [4.78, 5) is 4.06. The summed E-state index contributed by atoms with van der Waals surface area (Å²) in [6, 6.07) is 8.92. The molecule has 4 nitrogen and oxygen atoms in total. The summed E-state index contributed by atoms with van der Waals surface area (Å²) < 4.78 is 40.5. The lowest BCUT2D eigenvalue weighted by Gasteiger charge is -2.11. The first-order valence-electron chi connectivity index (χ1n) is 5.87. The third-order valence-corrected chi connectivity index (χ3v) is 2.69. The van der Waals surface area contributed by atoms with Crippen LogP contribution < -0.4 is 10.5 Å². The van der Waals surface area contributed by atoms with E-state index in [4.69, 9.17) is 11.0 Å². The predicted molar refractivity (Wildman–Crippen MR) is 70.1 cm³/mol. The van der Waals surface area contributed by atoms with E-state index in [1.165, 1.54) is 24.4 Å². The molecule has 0 unspecified atom stereocenters. The van der Waals surface area contributed by atoms with Crippen molar-refractivity contribution >= 4 is 5.69 Å². The minimum absolute atomic E-state index is 0.0973. The van der Waals surface area contributed by atoms with Crippen LogP contribution in [0.25, 0.3) is 11.3 Å². The van der Waals surface area contributed by atoms with E-state index in [1.807, 2.05) is 6.07 Å². The van der Waals surface area contributed by atoms with Gasteiger partial charge in [-0.3, -0.25) is 4.98 Å². The Balaban J connectivity index is 2.41. The largest absolute Gasteiger partial charge is 0.573 e. The van der Waals surface area contributed by atoms with Crippen molar-refractivity contribution in [2.24, 2.45) is 0 Å². The number of pyridine rings is 1. The molecular weight excluding hydrogens is 283 g/mol. The first-order chi connectivity index (χ1) is 9.90. The Labute approximate surface area is 118 Å². The number of aromatic nitrogens is 1. The number of ether oxygens (including phenoxy) is 1. The smallest absolute Gasteiger partial charge is 0.406 e. The maximum absolute atomic E-state index is 12.2. The lowest BCUT2D eigenvalue weighted by Crippen LogP contribution is -2.17. The van der Waals surface area contributed by atoms with E-state index in [1.54, 1.807) is 12.1 Å². The summed E-state index contributed by atoms with van der Waals surface area (Å²) in [5, 5.41) is 8.71. The summed E-state index contributed by atoms with van der Waals surface area (Å²) >= 11 is 0. The Morgan fingerprint density at radius 1 is 1.29 bits per heavy atom. The number of alkyl halides is 3. The van der Waals surface area contributed by atoms with Crippen molar-refractivity contribution in [2.75, 3.05) is 5.73 Å². The van der Waals surface area contributed by atoms with Gasteiger partial charge in [-0.2, -0.15) is 5.26 Å². The SMILES string of the molecule is N#CCc1ccnc(-c2cccc(OC(F)(F)F)c2)c1N. The summed E-state index contributed by atoms with van der Waals surface area (Å²) in [7, 11) is 0. The van der Waals surface area contributed by atoms with Gasteiger partial charge in [0.25, 0.3) is 0 Å². The number of hydrogen-bond acceptors (Lipinski definition) is 4. The molecule has 1 heterocycles. The molecule has 0 spiro atoms. The minimum atomic E-state index is -4.76. The number of nitriles is 1. The van der Waals surface area contributed by atoms with E-state index >= 15 is 0 Å². The molecule has 2 N–H and O–H groups in total. The van der Waals surface area contributed by atoms with Crippen LogP contribution in [0.15, 0.2) is 36.5 Å². The quantitative estimate of drug-likeness (QED) is 0.942. The van der Waals surface area contributed by atoms with Crippen LogP contribution in [0, 0.1) is 11.3 Å². The van der Waals surface area contributed by atoms with Gasteiger partial charge >= 0.3 is 6.36 Å². The van der Waals surface area contributed by atoms with E-state index in [-0.39, 0.29) is 17.9 Å². The second kappa shape index (κ2) is 5.71. The lowest BCUT2D eigenvalue weighted by atomic mass is 10.0. The third kappa shape index (κ3) is 3.63. The van der Waals surface area contributed by atoms with Crippen LogP contribution in [0.3, 0.4) is 0 Å². The Kier molecular flexibility index (Phi) is 3.98. The van der Waals surface area contributed by atoms with Crippen molar-refractivity contribution < 1.29 is 17.9 Å². The minimum Gasteiger partial charge on any atom is -0.406 e. The van der Waals surface area contributed by atoms with Crippen LogP contribution in [0.5, 0.6) is 5.75 Å². The first kappa shape index (κ1) is 14.7. The number of anilines is 1. The van der Waals surface area contributed by atoms with Crippen molar-refractivity contribution in [2.45, 2.75) is 12.8 Å². The second-order valence-electron chi connectivity index (χ2n) is 4.14. The normalized spacial score (nSPS) is 11.0. The average Bonchev–Trinajstić information content (AvgIpc) is 2.40. The van der Waals surface area contributed by atoms with Crippen LogP contribution in [0.4, 0.5) is 18.9 Å². The molecule has 0 amide bonds. The van der Waals surface area contributed by atoms with E-state index in [2.05, 4.69) is 9.72 Å². The molecule has 21 heavy (non-hydrogen) atoms. The molecule has 0 aliphatic rings. The van der Waals surface area contributed by atoms with Gasteiger partial charge in [0.2, 0.25) is 0 Å². The molecule has 2 aromatic rings. The number of nitrogen functional groups attached to an aromatic ring is 1. The van der Waals surface area contributed by atoms with Crippen molar-refractivity contribution in [1.82, 2.24) is 4.98 Å². The number of nitrogens with two attached hydrogens (primary N) is 1. The van der Waals surface area contributed by atoms with Gasteiger partial charge in [-0.1, -0.05) is 12.1 Å². The molecule has 0 bridgehead atoms. The Hall–Kier alpha value is -2.75. The molecule has 0 fully saturated rings. The highest BCUT2D eigenvalue weighted by molar-refractivity contribution is 5.75. The number of halogens is 3. The molecule has 108 valence electrons. The first-order valence-corrected chi connectivity index (χ1v) is 5.87. The molecule has 2 rings (SSSR count). The molecule has 0 saturated carbocycles. The number of hydrogen-bond donors (Lipinski definition) is 1. The molecule has 1 aromatic heterocycles. The monoisotopic (exact) mass is 293 g/mol. The molecule has 0 saturated heterocycles. The van der Waals surface area contributed by atoms with Crippen molar-refractivity contribution in [3.8, 4) is 23.1 Å². The Morgan fingerprint density at radius 3 is 2.71 bits per heavy atom. The van der Waals surface area contributed by atoms with Gasteiger partial charge in [-0.05, 0) is 23.8 Å². The Bertz CT molecular complexity index is 693. The van der Waals surface area contributed by atoms with Gasteiger partial charge in [0.05, 0.1) is 23.9 Å². The van der Waals surface area contributed by atoms with E-state index in [0.717, 1.165) is 0 Å². The number of benzene rings is 1. The third-order valence-electron chi connectivity index (χ3n) is 2.69. The standard InChI is InChI=1S/C14H10F3N3O/c15-14(16,17)21-11-3-1-2-10(8-11)13-12(19)9(4-6-18)5-7-20-13/h1-3,5,7-8H,4,19H2. The van der Waals surface area contributed by atoms with Gasteiger partial charge in [0.15, 0.2) is 0 Å². The topological polar surface area (TPSA) is 71.9 Å². The van der Waals surface area contributed by atoms with Crippen molar-refractivity contribution in [3.63, 3.8) is 0 Å². The molecule has 0 radical (unpaired) electrons.